The summed E-state index contributed by atoms with van der Waals surface area (Å²) in [6, 6.07) is -0.0510. The second kappa shape index (κ2) is 6.31. The maximum atomic E-state index is 11.3. The van der Waals surface area contributed by atoms with E-state index in [0.717, 1.165) is 18.7 Å². The molecule has 0 aromatic carbocycles. The highest BCUT2D eigenvalue weighted by molar-refractivity contribution is 7.80. The zero-order chi connectivity index (χ0) is 9.56. The van der Waals surface area contributed by atoms with Crippen LogP contribution < -0.4 is 5.32 Å². The number of carbonyl (C=O) groups excluding carboxylic acids is 1. The van der Waals surface area contributed by atoms with Gasteiger partial charge in [0.15, 0.2) is 0 Å². The molecule has 0 aromatic heterocycles. The Hall–Kier alpha value is -0.220. The average Bonchev–Trinajstić information content (AvgIpc) is 2.03. The van der Waals surface area contributed by atoms with Gasteiger partial charge in [-0.1, -0.05) is 0 Å². The normalized spacial score (nSPS) is 13.1. The lowest BCUT2D eigenvalue weighted by Crippen LogP contribution is -2.41. The van der Waals surface area contributed by atoms with Crippen molar-refractivity contribution in [2.75, 3.05) is 26.4 Å². The van der Waals surface area contributed by atoms with Crippen LogP contribution in [0.5, 0.6) is 0 Å². The van der Waals surface area contributed by atoms with Crippen LogP contribution in [0, 0.1) is 0 Å². The van der Waals surface area contributed by atoms with E-state index in [4.69, 9.17) is 0 Å². The lowest BCUT2D eigenvalue weighted by Gasteiger charge is -2.18. The predicted octanol–water partition coefficient (Wildman–Crippen LogP) is 0.373. The van der Waals surface area contributed by atoms with Crippen molar-refractivity contribution in [3.8, 4) is 0 Å². The minimum absolute atomic E-state index is 0.0510. The molecule has 0 saturated carbocycles. The van der Waals surface area contributed by atoms with Crippen molar-refractivity contribution >= 4 is 18.5 Å². The Morgan fingerprint density at radius 3 is 2.58 bits per heavy atom. The molecule has 4 heteroatoms. The first kappa shape index (κ1) is 11.8. The number of carbonyl (C=O) groups is 1. The number of likely N-dealkylation sites (N-methyl/N-ethyl adjacent to an activating group) is 1. The molecule has 0 aliphatic rings. The molecule has 0 heterocycles. The number of nitrogens with zero attached hydrogens (tertiary/aromatic N) is 1. The Morgan fingerprint density at radius 1 is 1.58 bits per heavy atom. The minimum Gasteiger partial charge on any atom is -0.355 e. The topological polar surface area (TPSA) is 32.3 Å². The quantitative estimate of drug-likeness (QED) is 0.485. The molecule has 1 atom stereocenters. The summed E-state index contributed by atoms with van der Waals surface area (Å²) in [5.74, 6) is 0.901. The summed E-state index contributed by atoms with van der Waals surface area (Å²) < 4.78 is 0. The van der Waals surface area contributed by atoms with E-state index in [2.05, 4.69) is 17.9 Å². The maximum absolute atomic E-state index is 11.3. The fraction of sp³-hybridized carbons (Fsp3) is 0.875. The van der Waals surface area contributed by atoms with Gasteiger partial charge >= 0.3 is 0 Å². The second-order valence-electron chi connectivity index (χ2n) is 3.01. The number of amides is 1. The monoisotopic (exact) mass is 190 g/mol. The van der Waals surface area contributed by atoms with E-state index in [1.54, 1.807) is 0 Å². The zero-order valence-corrected chi connectivity index (χ0v) is 8.90. The van der Waals surface area contributed by atoms with Gasteiger partial charge in [0.05, 0.1) is 6.04 Å². The van der Waals surface area contributed by atoms with E-state index in [1.165, 1.54) is 0 Å². The van der Waals surface area contributed by atoms with Crippen LogP contribution in [0.15, 0.2) is 0 Å². The van der Waals surface area contributed by atoms with Gasteiger partial charge in [-0.3, -0.25) is 9.69 Å². The molecule has 0 aliphatic heterocycles. The number of thiol groups is 1. The van der Waals surface area contributed by atoms with Gasteiger partial charge in [-0.05, 0) is 33.2 Å². The van der Waals surface area contributed by atoms with E-state index in [9.17, 15) is 4.79 Å². The molecule has 72 valence electrons. The molecule has 1 N–H and O–H groups in total. The molecule has 12 heavy (non-hydrogen) atoms. The highest BCUT2D eigenvalue weighted by Gasteiger charge is 2.13. The molecule has 1 amide bonds. The SMILES string of the molecule is CC(C(=O)NCCCS)N(C)C. The lowest BCUT2D eigenvalue weighted by molar-refractivity contribution is -0.124. The van der Waals surface area contributed by atoms with E-state index < -0.39 is 0 Å². The number of hydrogen-bond donors (Lipinski definition) is 2. The summed E-state index contributed by atoms with van der Waals surface area (Å²) in [6.45, 7) is 2.61. The van der Waals surface area contributed by atoms with Crippen molar-refractivity contribution in [3.63, 3.8) is 0 Å². The molecule has 1 unspecified atom stereocenters. The third kappa shape index (κ3) is 4.62. The summed E-state index contributed by atoms with van der Waals surface area (Å²) in [6.07, 6.45) is 0.926. The highest BCUT2D eigenvalue weighted by Crippen LogP contribution is 1.91. The third-order valence-electron chi connectivity index (χ3n) is 1.79. The molecule has 0 saturated heterocycles. The standard InChI is InChI=1S/C8H18N2OS/c1-7(10(2)3)8(11)9-5-4-6-12/h7,12H,4-6H2,1-3H3,(H,9,11). The van der Waals surface area contributed by atoms with Crippen LogP contribution >= 0.6 is 12.6 Å². The third-order valence-corrected chi connectivity index (χ3v) is 2.10. The number of hydrogen-bond acceptors (Lipinski definition) is 3. The van der Waals surface area contributed by atoms with E-state index in [-0.39, 0.29) is 11.9 Å². The molecule has 0 radical (unpaired) electrons. The van der Waals surface area contributed by atoms with Gasteiger partial charge < -0.3 is 5.32 Å². The Kier molecular flexibility index (Phi) is 6.20. The van der Waals surface area contributed by atoms with Gasteiger partial charge in [-0.15, -0.1) is 0 Å². The fourth-order valence-electron chi connectivity index (χ4n) is 0.673. The highest BCUT2D eigenvalue weighted by atomic mass is 32.1. The second-order valence-corrected chi connectivity index (χ2v) is 3.45. The van der Waals surface area contributed by atoms with Crippen molar-refractivity contribution in [1.82, 2.24) is 10.2 Å². The molecular formula is C8H18N2OS. The van der Waals surface area contributed by atoms with Gasteiger partial charge in [0.2, 0.25) is 5.91 Å². The Bertz CT molecular complexity index is 139. The fourth-order valence-corrected chi connectivity index (χ4v) is 0.831. The van der Waals surface area contributed by atoms with Crippen LogP contribution in [-0.4, -0.2) is 43.2 Å². The maximum Gasteiger partial charge on any atom is 0.237 e. The van der Waals surface area contributed by atoms with Crippen molar-refractivity contribution in [3.05, 3.63) is 0 Å². The Labute approximate surface area is 79.9 Å². The molecule has 3 nitrogen and oxygen atoms in total. The van der Waals surface area contributed by atoms with Crippen molar-refractivity contribution in [2.45, 2.75) is 19.4 Å². The Morgan fingerprint density at radius 2 is 2.17 bits per heavy atom. The van der Waals surface area contributed by atoms with E-state index in [0.29, 0.717) is 0 Å². The number of rotatable bonds is 5. The van der Waals surface area contributed by atoms with Crippen molar-refractivity contribution in [1.29, 1.82) is 0 Å². The minimum atomic E-state index is -0.0510. The lowest BCUT2D eigenvalue weighted by atomic mass is 10.3. The summed E-state index contributed by atoms with van der Waals surface area (Å²) in [5, 5.41) is 2.84. The first-order valence-electron chi connectivity index (χ1n) is 4.14. The first-order valence-corrected chi connectivity index (χ1v) is 4.78. The summed E-state index contributed by atoms with van der Waals surface area (Å²) in [5.41, 5.74) is 0. The molecule has 0 bridgehead atoms. The van der Waals surface area contributed by atoms with Crippen LogP contribution in [0.3, 0.4) is 0 Å². The van der Waals surface area contributed by atoms with Crippen LogP contribution in [0.4, 0.5) is 0 Å². The van der Waals surface area contributed by atoms with Crippen LogP contribution in [0.25, 0.3) is 0 Å². The summed E-state index contributed by atoms with van der Waals surface area (Å²) in [7, 11) is 3.78. The number of nitrogens with one attached hydrogen (secondary N) is 1. The zero-order valence-electron chi connectivity index (χ0n) is 8.00. The van der Waals surface area contributed by atoms with Gasteiger partial charge in [0, 0.05) is 6.54 Å². The molecular weight excluding hydrogens is 172 g/mol. The molecule has 0 aromatic rings. The van der Waals surface area contributed by atoms with Crippen LogP contribution in [0.2, 0.25) is 0 Å². The van der Waals surface area contributed by atoms with Crippen molar-refractivity contribution in [2.24, 2.45) is 0 Å². The van der Waals surface area contributed by atoms with Gasteiger partial charge in [-0.25, -0.2) is 0 Å². The molecule has 0 rings (SSSR count). The predicted molar refractivity (Wildman–Crippen MR) is 54.6 cm³/mol. The van der Waals surface area contributed by atoms with Gasteiger partial charge in [0.1, 0.15) is 0 Å². The van der Waals surface area contributed by atoms with Crippen LogP contribution in [-0.2, 0) is 4.79 Å². The van der Waals surface area contributed by atoms with E-state index in [1.807, 2.05) is 25.9 Å². The van der Waals surface area contributed by atoms with Crippen LogP contribution in [0.1, 0.15) is 13.3 Å². The molecule has 0 spiro atoms. The smallest absolute Gasteiger partial charge is 0.237 e. The summed E-state index contributed by atoms with van der Waals surface area (Å²) in [4.78, 5) is 13.2. The summed E-state index contributed by atoms with van der Waals surface area (Å²) >= 11 is 4.05. The molecule has 0 aliphatic carbocycles. The van der Waals surface area contributed by atoms with Gasteiger partial charge in [-0.2, -0.15) is 12.6 Å². The largest absolute Gasteiger partial charge is 0.355 e. The first-order chi connectivity index (χ1) is 5.59. The van der Waals surface area contributed by atoms with Gasteiger partial charge in [0.25, 0.3) is 0 Å². The van der Waals surface area contributed by atoms with Crippen molar-refractivity contribution < 1.29 is 4.79 Å². The Balaban J connectivity index is 3.57. The van der Waals surface area contributed by atoms with E-state index >= 15 is 0 Å². The molecule has 0 fully saturated rings. The average molecular weight is 190 g/mol.